The molecule has 0 amide bonds. The number of hydrazone groups is 1. The maximum absolute atomic E-state index is 12.0. The maximum atomic E-state index is 12.0. The second-order valence-electron chi connectivity index (χ2n) is 8.49. The molecule has 3 aliphatic rings. The number of hydrogen-bond donors (Lipinski definition) is 0. The lowest BCUT2D eigenvalue weighted by molar-refractivity contribution is -0.143. The third kappa shape index (κ3) is 3.61. The van der Waals surface area contributed by atoms with Gasteiger partial charge in [-0.05, 0) is 25.1 Å². The normalized spacial score (nSPS) is 22.6. The first-order valence-electron chi connectivity index (χ1n) is 10.2. The van der Waals surface area contributed by atoms with Crippen LogP contribution >= 0.6 is 23.2 Å². The van der Waals surface area contributed by atoms with E-state index >= 15 is 0 Å². The van der Waals surface area contributed by atoms with E-state index in [0.29, 0.717) is 42.4 Å². The van der Waals surface area contributed by atoms with E-state index in [1.54, 1.807) is 6.07 Å². The number of fused-ring (bicyclic) bond motifs is 4. The molecular weight excluding hydrogens is 457 g/mol. The van der Waals surface area contributed by atoms with Crippen molar-refractivity contribution in [1.29, 1.82) is 0 Å². The molecule has 0 N–H and O–H groups in total. The van der Waals surface area contributed by atoms with Crippen molar-refractivity contribution in [2.45, 2.75) is 38.0 Å². The fourth-order valence-electron chi connectivity index (χ4n) is 4.79. The van der Waals surface area contributed by atoms with Gasteiger partial charge in [-0.25, -0.2) is 17.7 Å². The number of hydrogen-bond acceptors (Lipinski definition) is 5. The number of piperidine rings is 1. The average molecular weight is 480 g/mol. The van der Waals surface area contributed by atoms with Gasteiger partial charge in [0.1, 0.15) is 5.75 Å². The zero-order valence-corrected chi connectivity index (χ0v) is 19.6. The smallest absolute Gasteiger partial charge is 0.211 e. The molecule has 0 aliphatic carbocycles. The van der Waals surface area contributed by atoms with Crippen LogP contribution in [0.15, 0.2) is 41.5 Å². The van der Waals surface area contributed by atoms with Gasteiger partial charge in [0.25, 0.3) is 0 Å². The van der Waals surface area contributed by atoms with Gasteiger partial charge < -0.3 is 4.74 Å². The number of aryl methyl sites for hydroxylation is 1. The van der Waals surface area contributed by atoms with Crippen LogP contribution < -0.4 is 4.74 Å². The molecule has 164 valence electrons. The predicted molar refractivity (Wildman–Crippen MR) is 122 cm³/mol. The van der Waals surface area contributed by atoms with Crippen molar-refractivity contribution in [3.05, 3.63) is 63.1 Å². The SMILES string of the molecule is Cc1ccc2c(c1)[C@H]1CC(c3ccc(Cl)cc3Cl)=NN1C1(CCN(S(C)(=O)=O)CC1)O2. The Morgan fingerprint density at radius 3 is 2.55 bits per heavy atom. The van der Waals surface area contributed by atoms with Crippen molar-refractivity contribution in [3.8, 4) is 5.75 Å². The Bertz CT molecular complexity index is 1190. The van der Waals surface area contributed by atoms with Crippen LogP contribution in [-0.2, 0) is 10.0 Å². The van der Waals surface area contributed by atoms with Crippen LogP contribution in [-0.4, -0.2) is 48.5 Å². The third-order valence-corrected chi connectivity index (χ3v) is 8.22. The highest BCUT2D eigenvalue weighted by Crippen LogP contribution is 2.50. The van der Waals surface area contributed by atoms with Gasteiger partial charge in [-0.1, -0.05) is 47.0 Å². The minimum absolute atomic E-state index is 0.00942. The van der Waals surface area contributed by atoms with Crippen LogP contribution in [0.5, 0.6) is 5.75 Å². The number of rotatable bonds is 2. The first-order chi connectivity index (χ1) is 14.7. The molecule has 3 heterocycles. The Kier molecular flexibility index (Phi) is 5.01. The average Bonchev–Trinajstić information content (AvgIpc) is 3.15. The summed E-state index contributed by atoms with van der Waals surface area (Å²) in [6, 6.07) is 11.7. The van der Waals surface area contributed by atoms with Crippen LogP contribution in [0.3, 0.4) is 0 Å². The molecule has 0 unspecified atom stereocenters. The lowest BCUT2D eigenvalue weighted by atomic mass is 9.90. The monoisotopic (exact) mass is 479 g/mol. The minimum atomic E-state index is -3.24. The van der Waals surface area contributed by atoms with E-state index in [1.807, 2.05) is 24.3 Å². The summed E-state index contributed by atoms with van der Waals surface area (Å²) < 4.78 is 32.2. The Morgan fingerprint density at radius 2 is 1.87 bits per heavy atom. The summed E-state index contributed by atoms with van der Waals surface area (Å²) in [4.78, 5) is 0. The molecule has 1 saturated heterocycles. The van der Waals surface area contributed by atoms with Crippen molar-refractivity contribution in [3.63, 3.8) is 0 Å². The van der Waals surface area contributed by atoms with E-state index in [1.165, 1.54) is 10.6 Å². The van der Waals surface area contributed by atoms with Crippen molar-refractivity contribution in [1.82, 2.24) is 9.31 Å². The molecule has 2 aromatic rings. The summed E-state index contributed by atoms with van der Waals surface area (Å²) in [6.45, 7) is 2.86. The molecular formula is C22H23Cl2N3O3S. The molecule has 0 saturated carbocycles. The van der Waals surface area contributed by atoms with Gasteiger partial charge in [0.05, 0.1) is 23.0 Å². The number of halogens is 2. The molecule has 1 spiro atoms. The molecule has 1 fully saturated rings. The largest absolute Gasteiger partial charge is 0.466 e. The minimum Gasteiger partial charge on any atom is -0.466 e. The number of ether oxygens (including phenoxy) is 1. The van der Waals surface area contributed by atoms with Crippen molar-refractivity contribution in [2.24, 2.45) is 5.10 Å². The van der Waals surface area contributed by atoms with Gasteiger partial charge >= 0.3 is 0 Å². The fourth-order valence-corrected chi connectivity index (χ4v) is 6.15. The highest BCUT2D eigenvalue weighted by atomic mass is 35.5. The second kappa shape index (κ2) is 7.37. The molecule has 9 heteroatoms. The predicted octanol–water partition coefficient (Wildman–Crippen LogP) is 4.60. The van der Waals surface area contributed by atoms with Crippen molar-refractivity contribution < 1.29 is 13.2 Å². The second-order valence-corrected chi connectivity index (χ2v) is 11.3. The van der Waals surface area contributed by atoms with Crippen LogP contribution in [0.2, 0.25) is 10.0 Å². The standard InChI is InChI=1S/C22H23Cl2N3O3S/c1-14-3-6-21-17(11-14)20-13-19(16-5-4-15(23)12-18(16)24)25-27(20)22(30-21)7-9-26(10-8-22)31(2,28)29/h3-6,11-12,20H,7-10,13H2,1-2H3/t20-/m1/s1. The van der Waals surface area contributed by atoms with E-state index in [-0.39, 0.29) is 6.04 Å². The van der Waals surface area contributed by atoms with Crippen LogP contribution in [0.25, 0.3) is 0 Å². The lowest BCUT2D eigenvalue weighted by Crippen LogP contribution is -2.59. The number of nitrogens with zero attached hydrogens (tertiary/aromatic N) is 3. The zero-order valence-electron chi connectivity index (χ0n) is 17.3. The lowest BCUT2D eigenvalue weighted by Gasteiger charge is -2.50. The molecule has 1 atom stereocenters. The number of sulfonamides is 1. The van der Waals surface area contributed by atoms with Crippen LogP contribution in [0, 0.1) is 6.92 Å². The first-order valence-corrected chi connectivity index (χ1v) is 12.8. The Labute approximate surface area is 192 Å². The van der Waals surface area contributed by atoms with E-state index in [2.05, 4.69) is 18.0 Å². The number of benzene rings is 2. The third-order valence-electron chi connectivity index (χ3n) is 6.37. The van der Waals surface area contributed by atoms with E-state index in [4.69, 9.17) is 33.0 Å². The zero-order chi connectivity index (χ0) is 22.0. The van der Waals surface area contributed by atoms with Gasteiger partial charge in [-0.3, -0.25) is 0 Å². The summed E-state index contributed by atoms with van der Waals surface area (Å²) in [5.41, 5.74) is 3.31. The van der Waals surface area contributed by atoms with E-state index < -0.39 is 15.7 Å². The molecule has 31 heavy (non-hydrogen) atoms. The molecule has 2 aromatic carbocycles. The Balaban J connectivity index is 1.57. The van der Waals surface area contributed by atoms with Crippen molar-refractivity contribution in [2.75, 3.05) is 19.3 Å². The topological polar surface area (TPSA) is 62.2 Å². The van der Waals surface area contributed by atoms with E-state index in [0.717, 1.165) is 28.2 Å². The van der Waals surface area contributed by atoms with Crippen molar-refractivity contribution >= 4 is 38.9 Å². The molecule has 3 aliphatic heterocycles. The van der Waals surface area contributed by atoms with Crippen LogP contribution in [0.4, 0.5) is 0 Å². The maximum Gasteiger partial charge on any atom is 0.211 e. The Hall–Kier alpha value is -1.80. The summed E-state index contributed by atoms with van der Waals surface area (Å²) in [5, 5.41) is 8.19. The molecule has 0 radical (unpaired) electrons. The summed E-state index contributed by atoms with van der Waals surface area (Å²) in [7, 11) is -3.24. The molecule has 0 bridgehead atoms. The highest BCUT2D eigenvalue weighted by Gasteiger charge is 2.52. The van der Waals surface area contributed by atoms with Gasteiger partial charge in [-0.2, -0.15) is 5.10 Å². The summed E-state index contributed by atoms with van der Waals surface area (Å²) >= 11 is 12.6. The summed E-state index contributed by atoms with van der Waals surface area (Å²) in [6.07, 6.45) is 3.02. The van der Waals surface area contributed by atoms with Gasteiger partial charge in [0, 0.05) is 48.5 Å². The fraction of sp³-hybridized carbons (Fsp3) is 0.409. The van der Waals surface area contributed by atoms with Crippen LogP contribution in [0.1, 0.15) is 42.0 Å². The summed E-state index contributed by atoms with van der Waals surface area (Å²) in [5.74, 6) is 0.846. The Morgan fingerprint density at radius 1 is 1.13 bits per heavy atom. The van der Waals surface area contributed by atoms with E-state index in [9.17, 15) is 8.42 Å². The first kappa shape index (κ1) is 21.1. The molecule has 5 rings (SSSR count). The molecule has 6 nitrogen and oxygen atoms in total. The van der Waals surface area contributed by atoms with Gasteiger partial charge in [0.15, 0.2) is 0 Å². The highest BCUT2D eigenvalue weighted by molar-refractivity contribution is 7.88. The van der Waals surface area contributed by atoms with Gasteiger partial charge in [-0.15, -0.1) is 0 Å². The van der Waals surface area contributed by atoms with Gasteiger partial charge in [0.2, 0.25) is 15.7 Å². The molecule has 0 aromatic heterocycles. The quantitative estimate of drug-likeness (QED) is 0.631.